The van der Waals surface area contributed by atoms with Crippen LogP contribution in [-0.4, -0.2) is 28.9 Å². The van der Waals surface area contributed by atoms with Gasteiger partial charge in [-0.15, -0.1) is 11.3 Å². The summed E-state index contributed by atoms with van der Waals surface area (Å²) in [5, 5.41) is 0. The fourth-order valence-electron chi connectivity index (χ4n) is 6.45. The summed E-state index contributed by atoms with van der Waals surface area (Å²) in [7, 11) is 2.14. The molecular weight excluding hydrogens is 502 g/mol. The highest BCUT2D eigenvalue weighted by Gasteiger charge is 2.53. The molecule has 5 heterocycles. The molecule has 0 fully saturated rings. The normalized spacial score (nSPS) is 18.4. The number of cyclic esters (lactones) is 1. The number of nitrogens with zero attached hydrogens (tertiary/aromatic N) is 3. The van der Waals surface area contributed by atoms with E-state index in [9.17, 15) is 4.79 Å². The molecule has 5 nitrogen and oxygen atoms in total. The second-order valence-corrected chi connectivity index (χ2v) is 11.4. The standard InChI is InChI=1S/C33H25N3O2S/c1-35-18-8-11-22-19-23(15-16-26(22)35)33(25-12-7-17-34-30(25)32(37)38-33)31-24(21-9-3-2-4-10-21)20-29-36(31)27-13-5-6-14-28(27)39-29/h2-7,9-10,12-17,19-20H,8,11,18H2,1H3. The first-order valence-corrected chi connectivity index (χ1v) is 14.1. The summed E-state index contributed by atoms with van der Waals surface area (Å²) in [6.07, 6.45) is 3.76. The van der Waals surface area contributed by atoms with E-state index in [2.05, 4.69) is 94.1 Å². The van der Waals surface area contributed by atoms with Crippen molar-refractivity contribution in [1.82, 2.24) is 9.38 Å². The number of carbonyl (C=O) groups is 1. The van der Waals surface area contributed by atoms with Gasteiger partial charge in [0.1, 0.15) is 4.83 Å². The molecule has 1 unspecified atom stereocenters. The van der Waals surface area contributed by atoms with Gasteiger partial charge in [0.2, 0.25) is 5.60 Å². The van der Waals surface area contributed by atoms with E-state index in [4.69, 9.17) is 4.74 Å². The summed E-state index contributed by atoms with van der Waals surface area (Å²) >= 11 is 1.75. The lowest BCUT2D eigenvalue weighted by molar-refractivity contribution is 0.0236. The Morgan fingerprint density at radius 1 is 0.949 bits per heavy atom. The van der Waals surface area contributed by atoms with Gasteiger partial charge in [-0.25, -0.2) is 9.78 Å². The van der Waals surface area contributed by atoms with Crippen molar-refractivity contribution in [2.45, 2.75) is 18.4 Å². The van der Waals surface area contributed by atoms with Crippen LogP contribution in [0.2, 0.25) is 0 Å². The molecule has 3 aromatic carbocycles. The third-order valence-corrected chi connectivity index (χ3v) is 9.24. The van der Waals surface area contributed by atoms with Crippen LogP contribution in [-0.2, 0) is 16.8 Å². The van der Waals surface area contributed by atoms with Gasteiger partial charge in [-0.3, -0.25) is 4.40 Å². The molecule has 39 heavy (non-hydrogen) atoms. The van der Waals surface area contributed by atoms with Crippen LogP contribution in [0.5, 0.6) is 0 Å². The number of hydrogen-bond acceptors (Lipinski definition) is 5. The molecule has 6 aromatic rings. The second kappa shape index (κ2) is 8.29. The zero-order chi connectivity index (χ0) is 26.1. The Morgan fingerprint density at radius 2 is 1.79 bits per heavy atom. The number of fused-ring (bicyclic) bond motifs is 5. The van der Waals surface area contributed by atoms with E-state index in [-0.39, 0.29) is 0 Å². The van der Waals surface area contributed by atoms with Crippen LogP contribution in [0.15, 0.2) is 97.2 Å². The van der Waals surface area contributed by atoms with Crippen molar-refractivity contribution in [3.05, 3.63) is 125 Å². The first kappa shape index (κ1) is 22.6. The predicted octanol–water partition coefficient (Wildman–Crippen LogP) is 7.06. The number of esters is 1. The average molecular weight is 528 g/mol. The summed E-state index contributed by atoms with van der Waals surface area (Å²) < 4.78 is 10.1. The third kappa shape index (κ3) is 3.12. The molecule has 0 saturated carbocycles. The SMILES string of the molecule is CN1CCCc2cc(C3(c4c(-c5ccccc5)cc5sc6ccccc6n45)OC(=O)c4ncccc43)ccc21. The van der Waals surface area contributed by atoms with E-state index < -0.39 is 11.6 Å². The number of thiazole rings is 1. The molecule has 1 atom stereocenters. The van der Waals surface area contributed by atoms with Crippen molar-refractivity contribution in [3.63, 3.8) is 0 Å². The second-order valence-electron chi connectivity index (χ2n) is 10.4. The van der Waals surface area contributed by atoms with Gasteiger partial charge in [0, 0.05) is 42.2 Å². The Kier molecular flexibility index (Phi) is 4.79. The first-order chi connectivity index (χ1) is 19.1. The lowest BCUT2D eigenvalue weighted by atomic mass is 9.80. The van der Waals surface area contributed by atoms with E-state index >= 15 is 0 Å². The lowest BCUT2D eigenvalue weighted by Gasteiger charge is -2.33. The van der Waals surface area contributed by atoms with E-state index in [1.54, 1.807) is 17.5 Å². The van der Waals surface area contributed by atoms with Crippen LogP contribution >= 0.6 is 11.3 Å². The Hall–Kier alpha value is -4.42. The molecule has 0 aliphatic carbocycles. The molecule has 3 aromatic heterocycles. The number of ether oxygens (including phenoxy) is 1. The molecule has 0 spiro atoms. The number of pyridine rings is 1. The van der Waals surface area contributed by atoms with Crippen LogP contribution in [0.1, 0.15) is 39.3 Å². The molecule has 2 aliphatic rings. The van der Waals surface area contributed by atoms with Crippen molar-refractivity contribution in [3.8, 4) is 11.1 Å². The molecule has 0 N–H and O–H groups in total. The summed E-state index contributed by atoms with van der Waals surface area (Å²) in [4.78, 5) is 21.5. The number of aryl methyl sites for hydroxylation is 1. The summed E-state index contributed by atoms with van der Waals surface area (Å²) in [5.74, 6) is -0.395. The molecule has 8 rings (SSSR count). The van der Waals surface area contributed by atoms with Gasteiger partial charge in [-0.2, -0.15) is 0 Å². The molecule has 6 heteroatoms. The van der Waals surface area contributed by atoms with Gasteiger partial charge in [-0.05, 0) is 60.4 Å². The topological polar surface area (TPSA) is 46.8 Å². The van der Waals surface area contributed by atoms with Crippen LogP contribution in [0.4, 0.5) is 5.69 Å². The summed E-state index contributed by atoms with van der Waals surface area (Å²) in [6.45, 7) is 1.04. The number of para-hydroxylation sites is 1. The quantitative estimate of drug-likeness (QED) is 0.231. The molecular formula is C33H25N3O2S. The van der Waals surface area contributed by atoms with Crippen molar-refractivity contribution in [2.24, 2.45) is 0 Å². The van der Waals surface area contributed by atoms with Gasteiger partial charge in [0.25, 0.3) is 0 Å². The molecule has 0 bridgehead atoms. The van der Waals surface area contributed by atoms with Crippen LogP contribution in [0, 0.1) is 0 Å². The van der Waals surface area contributed by atoms with Crippen LogP contribution < -0.4 is 4.90 Å². The average Bonchev–Trinajstić information content (AvgIpc) is 3.62. The molecule has 0 saturated heterocycles. The van der Waals surface area contributed by atoms with E-state index in [0.29, 0.717) is 5.69 Å². The number of aromatic nitrogens is 2. The summed E-state index contributed by atoms with van der Waals surface area (Å²) in [6, 6.07) is 31.6. The van der Waals surface area contributed by atoms with Gasteiger partial charge >= 0.3 is 5.97 Å². The monoisotopic (exact) mass is 527 g/mol. The van der Waals surface area contributed by atoms with Gasteiger partial charge in [0.05, 0.1) is 15.9 Å². The number of rotatable bonds is 3. The number of hydrogen-bond donors (Lipinski definition) is 0. The number of anilines is 1. The highest BCUT2D eigenvalue weighted by molar-refractivity contribution is 7.24. The zero-order valence-corrected chi connectivity index (χ0v) is 22.2. The summed E-state index contributed by atoms with van der Waals surface area (Å²) in [5.41, 5.74) is 7.62. The molecule has 0 radical (unpaired) electrons. The van der Waals surface area contributed by atoms with Crippen LogP contribution in [0.25, 0.3) is 26.2 Å². The minimum Gasteiger partial charge on any atom is -0.438 e. The van der Waals surface area contributed by atoms with Crippen molar-refractivity contribution in [2.75, 3.05) is 18.5 Å². The number of benzene rings is 3. The minimum atomic E-state index is -1.16. The predicted molar refractivity (Wildman–Crippen MR) is 156 cm³/mol. The first-order valence-electron chi connectivity index (χ1n) is 13.3. The molecule has 0 amide bonds. The Bertz CT molecular complexity index is 1920. The van der Waals surface area contributed by atoms with Crippen molar-refractivity contribution >= 4 is 38.0 Å². The van der Waals surface area contributed by atoms with E-state index in [1.807, 2.05) is 18.2 Å². The van der Waals surface area contributed by atoms with Gasteiger partial charge in [0.15, 0.2) is 5.69 Å². The highest BCUT2D eigenvalue weighted by atomic mass is 32.1. The largest absolute Gasteiger partial charge is 0.438 e. The third-order valence-electron chi connectivity index (χ3n) is 8.17. The Balaban J connectivity index is 1.54. The zero-order valence-electron chi connectivity index (χ0n) is 21.4. The number of carbonyl (C=O) groups excluding carboxylic acids is 1. The fraction of sp³-hybridized carbons (Fsp3) is 0.152. The maximum absolute atomic E-state index is 13.6. The van der Waals surface area contributed by atoms with Crippen molar-refractivity contribution in [1.29, 1.82) is 0 Å². The van der Waals surface area contributed by atoms with Crippen molar-refractivity contribution < 1.29 is 9.53 Å². The maximum Gasteiger partial charge on any atom is 0.359 e. The smallest absolute Gasteiger partial charge is 0.359 e. The Morgan fingerprint density at radius 3 is 2.69 bits per heavy atom. The molecule has 2 aliphatic heterocycles. The molecule has 190 valence electrons. The fourth-order valence-corrected chi connectivity index (χ4v) is 7.55. The lowest BCUT2D eigenvalue weighted by Crippen LogP contribution is -2.33. The van der Waals surface area contributed by atoms with E-state index in [1.165, 1.54) is 16.0 Å². The maximum atomic E-state index is 13.6. The van der Waals surface area contributed by atoms with E-state index in [0.717, 1.165) is 57.7 Å². The van der Waals surface area contributed by atoms with Gasteiger partial charge in [-0.1, -0.05) is 54.6 Å². The highest BCUT2D eigenvalue weighted by Crippen LogP contribution is 2.52. The van der Waals surface area contributed by atoms with Crippen LogP contribution in [0.3, 0.4) is 0 Å². The Labute approximate surface area is 229 Å². The van der Waals surface area contributed by atoms with Gasteiger partial charge < -0.3 is 9.64 Å². The minimum absolute atomic E-state index is 0.376.